The molecule has 0 radical (unpaired) electrons. The fourth-order valence-electron chi connectivity index (χ4n) is 2.89. The number of likely N-dealkylation sites (tertiary alicyclic amines) is 1. The number of carbonyl (C=O) groups is 1. The third-order valence-corrected chi connectivity index (χ3v) is 7.12. The molecule has 134 valence electrons. The van der Waals surface area contributed by atoms with Crippen molar-refractivity contribution in [2.24, 2.45) is 0 Å². The van der Waals surface area contributed by atoms with Crippen molar-refractivity contribution >= 4 is 27.3 Å². The summed E-state index contributed by atoms with van der Waals surface area (Å²) >= 11 is 1.19. The molecule has 5 nitrogen and oxygen atoms in total. The second-order valence-corrected chi connectivity index (χ2v) is 9.10. The zero-order valence-electron chi connectivity index (χ0n) is 14.0. The second kappa shape index (κ2) is 8.12. The zero-order chi connectivity index (χ0) is 17.7. The smallest absolute Gasteiger partial charge is 0.253 e. The van der Waals surface area contributed by atoms with Crippen molar-refractivity contribution in [1.82, 2.24) is 9.62 Å². The molecule has 1 N–H and O–H groups in total. The summed E-state index contributed by atoms with van der Waals surface area (Å²) in [6, 6.07) is 10.5. The van der Waals surface area contributed by atoms with Crippen LogP contribution in [0.1, 0.15) is 41.6 Å². The number of benzene rings is 1. The van der Waals surface area contributed by atoms with Gasteiger partial charge in [-0.3, -0.25) is 4.79 Å². The molecule has 1 amide bonds. The standard InChI is InChI=1S/C18H22N2O3S2/c21-18(20-11-3-1-2-4-12-20)16-9-7-15(8-10-16)14-19-25(22,23)17-6-5-13-24-17/h5-10,13,19H,1-4,11-12,14H2. The van der Waals surface area contributed by atoms with Crippen molar-refractivity contribution < 1.29 is 13.2 Å². The average molecular weight is 379 g/mol. The molecule has 7 heteroatoms. The molecule has 0 saturated carbocycles. The van der Waals surface area contributed by atoms with Crippen molar-refractivity contribution in [2.75, 3.05) is 13.1 Å². The summed E-state index contributed by atoms with van der Waals surface area (Å²) < 4.78 is 27.1. The normalized spacial score (nSPS) is 15.8. The first kappa shape index (κ1) is 18.1. The fourth-order valence-corrected chi connectivity index (χ4v) is 4.94. The van der Waals surface area contributed by atoms with Crippen molar-refractivity contribution in [2.45, 2.75) is 36.4 Å². The van der Waals surface area contributed by atoms with Gasteiger partial charge >= 0.3 is 0 Å². The molecule has 3 rings (SSSR count). The average Bonchev–Trinajstić information content (AvgIpc) is 3.04. The highest BCUT2D eigenvalue weighted by Gasteiger charge is 2.18. The van der Waals surface area contributed by atoms with E-state index in [9.17, 15) is 13.2 Å². The van der Waals surface area contributed by atoms with E-state index in [4.69, 9.17) is 0 Å². The Labute approximate surface area is 152 Å². The molecular formula is C18H22N2O3S2. The Balaban J connectivity index is 1.61. The van der Waals surface area contributed by atoms with Gasteiger partial charge in [-0.2, -0.15) is 0 Å². The lowest BCUT2D eigenvalue weighted by molar-refractivity contribution is 0.0761. The number of carbonyl (C=O) groups excluding carboxylic acids is 1. The number of nitrogens with one attached hydrogen (secondary N) is 1. The van der Waals surface area contributed by atoms with E-state index in [1.165, 1.54) is 24.2 Å². The van der Waals surface area contributed by atoms with Gasteiger partial charge in [0.25, 0.3) is 5.91 Å². The van der Waals surface area contributed by atoms with E-state index < -0.39 is 10.0 Å². The number of hydrogen-bond acceptors (Lipinski definition) is 4. The molecule has 0 aliphatic carbocycles. The second-order valence-electron chi connectivity index (χ2n) is 6.16. The van der Waals surface area contributed by atoms with Gasteiger partial charge in [-0.1, -0.05) is 31.0 Å². The summed E-state index contributed by atoms with van der Waals surface area (Å²) in [4.78, 5) is 14.5. The molecule has 25 heavy (non-hydrogen) atoms. The molecule has 2 heterocycles. The van der Waals surface area contributed by atoms with Gasteiger partial charge in [0.15, 0.2) is 0 Å². The zero-order valence-corrected chi connectivity index (χ0v) is 15.6. The third kappa shape index (κ3) is 4.68. The summed E-state index contributed by atoms with van der Waals surface area (Å²) in [5, 5.41) is 1.73. The molecule has 2 aromatic rings. The highest BCUT2D eigenvalue weighted by atomic mass is 32.2. The van der Waals surface area contributed by atoms with Gasteiger partial charge in [0, 0.05) is 25.2 Å². The molecule has 0 atom stereocenters. The molecule has 1 aromatic heterocycles. The van der Waals surface area contributed by atoms with Gasteiger partial charge < -0.3 is 4.90 Å². The van der Waals surface area contributed by atoms with Crippen LogP contribution in [0.25, 0.3) is 0 Å². The Bertz CT molecular complexity index is 791. The van der Waals surface area contributed by atoms with Crippen LogP contribution in [-0.4, -0.2) is 32.3 Å². The maximum absolute atomic E-state index is 12.6. The minimum Gasteiger partial charge on any atom is -0.339 e. The van der Waals surface area contributed by atoms with E-state index in [-0.39, 0.29) is 12.5 Å². The maximum atomic E-state index is 12.6. The first-order valence-corrected chi connectivity index (χ1v) is 10.8. The Morgan fingerprint density at radius 2 is 1.72 bits per heavy atom. The molecule has 1 aromatic carbocycles. The van der Waals surface area contributed by atoms with E-state index in [1.54, 1.807) is 29.6 Å². The van der Waals surface area contributed by atoms with Crippen LogP contribution in [0, 0.1) is 0 Å². The monoisotopic (exact) mass is 378 g/mol. The predicted molar refractivity (Wildman–Crippen MR) is 99.2 cm³/mol. The molecule has 0 bridgehead atoms. The van der Waals surface area contributed by atoms with Crippen molar-refractivity contribution in [3.8, 4) is 0 Å². The van der Waals surface area contributed by atoms with E-state index in [0.717, 1.165) is 31.5 Å². The van der Waals surface area contributed by atoms with Crippen LogP contribution < -0.4 is 4.72 Å². The van der Waals surface area contributed by atoms with Crippen LogP contribution >= 0.6 is 11.3 Å². The summed E-state index contributed by atoms with van der Waals surface area (Å²) in [6.45, 7) is 1.85. The maximum Gasteiger partial charge on any atom is 0.253 e. The van der Waals surface area contributed by atoms with Crippen LogP contribution in [0.4, 0.5) is 0 Å². The molecule has 0 spiro atoms. The number of rotatable bonds is 5. The van der Waals surface area contributed by atoms with Gasteiger partial charge in [0.05, 0.1) is 0 Å². The van der Waals surface area contributed by atoms with E-state index in [2.05, 4.69) is 4.72 Å². The Morgan fingerprint density at radius 1 is 1.04 bits per heavy atom. The molecule has 1 fully saturated rings. The minimum atomic E-state index is -3.47. The summed E-state index contributed by atoms with van der Waals surface area (Å²) in [5.41, 5.74) is 1.49. The van der Waals surface area contributed by atoms with Gasteiger partial charge in [-0.05, 0) is 42.0 Å². The summed E-state index contributed by atoms with van der Waals surface area (Å²) in [7, 11) is -3.47. The molecule has 1 aliphatic heterocycles. The molecule has 1 saturated heterocycles. The highest BCUT2D eigenvalue weighted by molar-refractivity contribution is 7.91. The van der Waals surface area contributed by atoms with Crippen molar-refractivity contribution in [3.63, 3.8) is 0 Å². The number of hydrogen-bond donors (Lipinski definition) is 1. The SMILES string of the molecule is O=C(c1ccc(CNS(=O)(=O)c2cccs2)cc1)N1CCCCCC1. The first-order chi connectivity index (χ1) is 12.1. The predicted octanol–water partition coefficient (Wildman–Crippen LogP) is 3.24. The molecule has 1 aliphatic rings. The van der Waals surface area contributed by atoms with Gasteiger partial charge in [-0.25, -0.2) is 13.1 Å². The lowest BCUT2D eigenvalue weighted by atomic mass is 10.1. The lowest BCUT2D eigenvalue weighted by Crippen LogP contribution is -2.31. The van der Waals surface area contributed by atoms with E-state index >= 15 is 0 Å². The lowest BCUT2D eigenvalue weighted by Gasteiger charge is -2.20. The van der Waals surface area contributed by atoms with Gasteiger partial charge in [0.2, 0.25) is 10.0 Å². The quantitative estimate of drug-likeness (QED) is 0.868. The molecular weight excluding hydrogens is 356 g/mol. The third-order valence-electron chi connectivity index (χ3n) is 4.32. The van der Waals surface area contributed by atoms with Crippen LogP contribution in [-0.2, 0) is 16.6 Å². The first-order valence-electron chi connectivity index (χ1n) is 8.48. The largest absolute Gasteiger partial charge is 0.339 e. The van der Waals surface area contributed by atoms with Crippen LogP contribution in [0.5, 0.6) is 0 Å². The Morgan fingerprint density at radius 3 is 2.32 bits per heavy atom. The van der Waals surface area contributed by atoms with Gasteiger partial charge in [0.1, 0.15) is 4.21 Å². The Kier molecular flexibility index (Phi) is 5.88. The number of sulfonamides is 1. The van der Waals surface area contributed by atoms with E-state index in [0.29, 0.717) is 9.77 Å². The van der Waals surface area contributed by atoms with Crippen molar-refractivity contribution in [1.29, 1.82) is 0 Å². The molecule has 0 unspecified atom stereocenters. The Hall–Kier alpha value is -1.70. The van der Waals surface area contributed by atoms with E-state index in [1.807, 2.05) is 17.0 Å². The van der Waals surface area contributed by atoms with Crippen LogP contribution in [0.2, 0.25) is 0 Å². The topological polar surface area (TPSA) is 66.5 Å². The number of amides is 1. The summed E-state index contributed by atoms with van der Waals surface area (Å²) in [6.07, 6.45) is 4.50. The number of nitrogens with zero attached hydrogens (tertiary/aromatic N) is 1. The summed E-state index contributed by atoms with van der Waals surface area (Å²) in [5.74, 6) is 0.0626. The van der Waals surface area contributed by atoms with Crippen LogP contribution in [0.15, 0.2) is 46.0 Å². The van der Waals surface area contributed by atoms with Crippen LogP contribution in [0.3, 0.4) is 0 Å². The number of thiophene rings is 1. The fraction of sp³-hybridized carbons (Fsp3) is 0.389. The van der Waals surface area contributed by atoms with Crippen molar-refractivity contribution in [3.05, 3.63) is 52.9 Å². The minimum absolute atomic E-state index is 0.0626. The van der Waals surface area contributed by atoms with Gasteiger partial charge in [-0.15, -0.1) is 11.3 Å². The highest BCUT2D eigenvalue weighted by Crippen LogP contribution is 2.17.